The molecule has 5 heteroatoms. The first kappa shape index (κ1) is 15.1. The van der Waals surface area contributed by atoms with Crippen LogP contribution < -0.4 is 10.1 Å². The van der Waals surface area contributed by atoms with Crippen LogP contribution in [0.5, 0.6) is 5.75 Å². The number of nitrogens with one attached hydrogen (secondary N) is 1. The largest absolute Gasteiger partial charge is 0.491 e. The maximum absolute atomic E-state index is 12.1. The lowest BCUT2D eigenvalue weighted by atomic mass is 10.1. The van der Waals surface area contributed by atoms with Crippen LogP contribution in [0.4, 0.5) is 0 Å². The highest BCUT2D eigenvalue weighted by molar-refractivity contribution is 5.87. The number of hydrogen-bond acceptors (Lipinski definition) is 3. The third-order valence-corrected chi connectivity index (χ3v) is 3.88. The fraction of sp³-hybridized carbons (Fsp3) is 0.222. The van der Waals surface area contributed by atoms with Crippen molar-refractivity contribution in [3.8, 4) is 5.75 Å². The van der Waals surface area contributed by atoms with Gasteiger partial charge in [-0.2, -0.15) is 0 Å². The standard InChI is InChI=1S/C18H17NO4/c20-17(10-7-12-5-8-13(9-6-12)18(21)22)19-15-11-23-16-4-2-1-3-14(15)16/h1-6,8-9,15H,7,10-11H2,(H,19,20)(H,21,22)/t15-/m0/s1. The molecular weight excluding hydrogens is 294 g/mol. The molecule has 2 N–H and O–H groups in total. The van der Waals surface area contributed by atoms with E-state index in [2.05, 4.69) is 5.32 Å². The normalized spacial score (nSPS) is 15.6. The summed E-state index contributed by atoms with van der Waals surface area (Å²) in [6.45, 7) is 0.457. The summed E-state index contributed by atoms with van der Waals surface area (Å²) < 4.78 is 5.54. The summed E-state index contributed by atoms with van der Waals surface area (Å²) >= 11 is 0. The Morgan fingerprint density at radius 3 is 2.61 bits per heavy atom. The average Bonchev–Trinajstić information content (AvgIpc) is 2.96. The van der Waals surface area contributed by atoms with Crippen molar-refractivity contribution in [3.63, 3.8) is 0 Å². The van der Waals surface area contributed by atoms with Crippen molar-refractivity contribution in [2.75, 3.05) is 6.61 Å². The molecule has 2 aromatic carbocycles. The Morgan fingerprint density at radius 1 is 1.13 bits per heavy atom. The van der Waals surface area contributed by atoms with E-state index in [0.717, 1.165) is 16.9 Å². The SMILES string of the molecule is O=C(CCc1ccc(C(=O)O)cc1)N[C@H]1COc2ccccc21. The Hall–Kier alpha value is -2.82. The van der Waals surface area contributed by atoms with Crippen LogP contribution in [0.25, 0.3) is 0 Å². The molecule has 1 aliphatic rings. The van der Waals surface area contributed by atoms with Crippen molar-refractivity contribution in [2.24, 2.45) is 0 Å². The molecule has 0 saturated carbocycles. The monoisotopic (exact) mass is 311 g/mol. The number of aromatic carboxylic acids is 1. The Morgan fingerprint density at radius 2 is 1.87 bits per heavy atom. The van der Waals surface area contributed by atoms with Gasteiger partial charge in [0.15, 0.2) is 0 Å². The molecule has 1 amide bonds. The second-order valence-electron chi connectivity index (χ2n) is 5.47. The van der Waals surface area contributed by atoms with Gasteiger partial charge in [-0.25, -0.2) is 4.79 Å². The fourth-order valence-electron chi connectivity index (χ4n) is 2.62. The van der Waals surface area contributed by atoms with Gasteiger partial charge >= 0.3 is 5.97 Å². The molecule has 0 aromatic heterocycles. The van der Waals surface area contributed by atoms with Crippen LogP contribution in [0, 0.1) is 0 Å². The highest BCUT2D eigenvalue weighted by Gasteiger charge is 2.24. The van der Waals surface area contributed by atoms with Crippen molar-refractivity contribution >= 4 is 11.9 Å². The lowest BCUT2D eigenvalue weighted by Gasteiger charge is -2.11. The van der Waals surface area contributed by atoms with Crippen LogP contribution in [0.1, 0.15) is 33.9 Å². The van der Waals surface area contributed by atoms with Crippen molar-refractivity contribution in [3.05, 3.63) is 65.2 Å². The number of amides is 1. The van der Waals surface area contributed by atoms with Crippen molar-refractivity contribution in [2.45, 2.75) is 18.9 Å². The maximum Gasteiger partial charge on any atom is 0.335 e. The minimum atomic E-state index is -0.950. The number of carbonyl (C=O) groups excluding carboxylic acids is 1. The minimum Gasteiger partial charge on any atom is -0.491 e. The topological polar surface area (TPSA) is 75.6 Å². The first-order chi connectivity index (χ1) is 11.1. The lowest BCUT2D eigenvalue weighted by molar-refractivity contribution is -0.121. The molecule has 0 saturated heterocycles. The van der Waals surface area contributed by atoms with Gasteiger partial charge in [0.2, 0.25) is 5.91 Å². The number of para-hydroxylation sites is 1. The van der Waals surface area contributed by atoms with Crippen LogP contribution in [0.15, 0.2) is 48.5 Å². The summed E-state index contributed by atoms with van der Waals surface area (Å²) in [6.07, 6.45) is 0.923. The summed E-state index contributed by atoms with van der Waals surface area (Å²) in [5.41, 5.74) is 2.19. The smallest absolute Gasteiger partial charge is 0.335 e. The number of aryl methyl sites for hydroxylation is 1. The number of carboxylic acids is 1. The van der Waals surface area contributed by atoms with Crippen molar-refractivity contribution in [1.82, 2.24) is 5.32 Å². The third kappa shape index (κ3) is 3.51. The van der Waals surface area contributed by atoms with Gasteiger partial charge in [0, 0.05) is 12.0 Å². The maximum atomic E-state index is 12.1. The average molecular weight is 311 g/mol. The van der Waals surface area contributed by atoms with Gasteiger partial charge in [-0.05, 0) is 30.2 Å². The number of rotatable bonds is 5. The Labute approximate surface area is 133 Å². The number of hydrogen-bond donors (Lipinski definition) is 2. The zero-order chi connectivity index (χ0) is 16.2. The number of carboxylic acid groups (broad SMARTS) is 1. The number of ether oxygens (including phenoxy) is 1. The summed E-state index contributed by atoms with van der Waals surface area (Å²) in [4.78, 5) is 22.9. The molecule has 0 radical (unpaired) electrons. The molecule has 0 spiro atoms. The molecule has 1 atom stereocenters. The van der Waals surface area contributed by atoms with Gasteiger partial charge in [0.1, 0.15) is 12.4 Å². The van der Waals surface area contributed by atoms with E-state index in [0.29, 0.717) is 19.4 Å². The minimum absolute atomic E-state index is 0.0439. The van der Waals surface area contributed by atoms with Crippen LogP contribution in [-0.2, 0) is 11.2 Å². The van der Waals surface area contributed by atoms with Crippen molar-refractivity contribution < 1.29 is 19.4 Å². The molecule has 1 heterocycles. The molecular formula is C18H17NO4. The predicted octanol–water partition coefficient (Wildman–Crippen LogP) is 2.57. The molecule has 0 bridgehead atoms. The number of carbonyl (C=O) groups is 2. The summed E-state index contributed by atoms with van der Waals surface area (Å²) in [5, 5.41) is 11.8. The quantitative estimate of drug-likeness (QED) is 0.890. The third-order valence-electron chi connectivity index (χ3n) is 3.88. The summed E-state index contributed by atoms with van der Waals surface area (Å²) in [5.74, 6) is -0.172. The Bertz CT molecular complexity index is 724. The Balaban J connectivity index is 1.53. The molecule has 0 aliphatic carbocycles. The highest BCUT2D eigenvalue weighted by atomic mass is 16.5. The molecule has 0 fully saturated rings. The van der Waals surface area contributed by atoms with Crippen LogP contribution in [0.2, 0.25) is 0 Å². The van der Waals surface area contributed by atoms with E-state index in [1.165, 1.54) is 0 Å². The van der Waals surface area contributed by atoms with Gasteiger partial charge in [-0.15, -0.1) is 0 Å². The molecule has 1 aliphatic heterocycles. The first-order valence-corrected chi connectivity index (χ1v) is 7.47. The van der Waals surface area contributed by atoms with E-state index < -0.39 is 5.97 Å². The summed E-state index contributed by atoms with van der Waals surface area (Å²) in [6, 6.07) is 14.2. The molecule has 2 aromatic rings. The number of benzene rings is 2. The van der Waals surface area contributed by atoms with Gasteiger partial charge in [0.05, 0.1) is 11.6 Å². The van der Waals surface area contributed by atoms with Crippen molar-refractivity contribution in [1.29, 1.82) is 0 Å². The zero-order valence-electron chi connectivity index (χ0n) is 12.5. The van der Waals surface area contributed by atoms with Crippen LogP contribution >= 0.6 is 0 Å². The van der Waals surface area contributed by atoms with E-state index in [1.807, 2.05) is 24.3 Å². The van der Waals surface area contributed by atoms with E-state index in [-0.39, 0.29) is 17.5 Å². The molecule has 5 nitrogen and oxygen atoms in total. The first-order valence-electron chi connectivity index (χ1n) is 7.47. The van der Waals surface area contributed by atoms with E-state index in [1.54, 1.807) is 24.3 Å². The van der Waals surface area contributed by atoms with Crippen LogP contribution in [0.3, 0.4) is 0 Å². The Kier molecular flexibility index (Phi) is 4.28. The number of fused-ring (bicyclic) bond motifs is 1. The molecule has 3 rings (SSSR count). The van der Waals surface area contributed by atoms with Gasteiger partial charge < -0.3 is 15.2 Å². The van der Waals surface area contributed by atoms with Crippen LogP contribution in [-0.4, -0.2) is 23.6 Å². The van der Waals surface area contributed by atoms with E-state index in [4.69, 9.17) is 9.84 Å². The van der Waals surface area contributed by atoms with Gasteiger partial charge in [0.25, 0.3) is 0 Å². The zero-order valence-corrected chi connectivity index (χ0v) is 12.5. The second-order valence-corrected chi connectivity index (χ2v) is 5.47. The molecule has 118 valence electrons. The van der Waals surface area contributed by atoms with E-state index in [9.17, 15) is 9.59 Å². The van der Waals surface area contributed by atoms with E-state index >= 15 is 0 Å². The fourth-order valence-corrected chi connectivity index (χ4v) is 2.62. The summed E-state index contributed by atoms with van der Waals surface area (Å²) in [7, 11) is 0. The molecule has 0 unspecified atom stereocenters. The van der Waals surface area contributed by atoms with Gasteiger partial charge in [-0.3, -0.25) is 4.79 Å². The highest BCUT2D eigenvalue weighted by Crippen LogP contribution is 2.31. The lowest BCUT2D eigenvalue weighted by Crippen LogP contribution is -2.29. The van der Waals surface area contributed by atoms with Gasteiger partial charge in [-0.1, -0.05) is 30.3 Å². The second kappa shape index (κ2) is 6.52. The molecule has 23 heavy (non-hydrogen) atoms. The predicted molar refractivity (Wildman–Crippen MR) is 84.5 cm³/mol.